The van der Waals surface area contributed by atoms with Crippen molar-refractivity contribution in [1.29, 1.82) is 0 Å². The fraction of sp³-hybridized carbons (Fsp3) is 0.474. The molecule has 130 valence electrons. The summed E-state index contributed by atoms with van der Waals surface area (Å²) in [5.41, 5.74) is 0.791. The molecule has 0 spiro atoms. The zero-order chi connectivity index (χ0) is 17.4. The lowest BCUT2D eigenvalue weighted by atomic mass is 10.2. The summed E-state index contributed by atoms with van der Waals surface area (Å²) in [6.07, 6.45) is 6.43. The van der Waals surface area contributed by atoms with E-state index >= 15 is 0 Å². The van der Waals surface area contributed by atoms with Gasteiger partial charge in [0, 0.05) is 17.7 Å². The Balaban J connectivity index is 1.86. The third kappa shape index (κ3) is 5.41. The molecule has 24 heavy (non-hydrogen) atoms. The molecule has 5 heteroatoms. The molecular weight excluding hydrogens is 306 g/mol. The average Bonchev–Trinajstić information content (AvgIpc) is 3.07. The minimum atomic E-state index is -0.801. The molecule has 0 bridgehead atoms. The van der Waals surface area contributed by atoms with Crippen LogP contribution >= 0.6 is 0 Å². The van der Waals surface area contributed by atoms with Crippen LogP contribution in [0.25, 0.3) is 6.08 Å². The van der Waals surface area contributed by atoms with Gasteiger partial charge in [-0.15, -0.1) is 0 Å². The van der Waals surface area contributed by atoms with Gasteiger partial charge in [0.25, 0.3) is 5.91 Å². The van der Waals surface area contributed by atoms with Gasteiger partial charge in [-0.3, -0.25) is 4.79 Å². The molecule has 1 aromatic carbocycles. The lowest BCUT2D eigenvalue weighted by Crippen LogP contribution is -2.40. The van der Waals surface area contributed by atoms with Gasteiger partial charge in [-0.1, -0.05) is 31.0 Å². The Bertz CT molecular complexity index is 591. The lowest BCUT2D eigenvalue weighted by molar-refractivity contribution is -0.150. The van der Waals surface area contributed by atoms with Gasteiger partial charge in [0.1, 0.15) is 5.75 Å². The van der Waals surface area contributed by atoms with E-state index in [0.29, 0.717) is 12.4 Å². The van der Waals surface area contributed by atoms with Crippen LogP contribution < -0.4 is 10.1 Å². The first kappa shape index (κ1) is 18.0. The Labute approximate surface area is 143 Å². The average molecular weight is 331 g/mol. The molecule has 0 unspecified atom stereocenters. The van der Waals surface area contributed by atoms with Crippen molar-refractivity contribution in [3.05, 3.63) is 35.9 Å². The second kappa shape index (κ2) is 9.11. The lowest BCUT2D eigenvalue weighted by Gasteiger charge is -2.16. The van der Waals surface area contributed by atoms with Gasteiger partial charge in [0.05, 0.1) is 6.61 Å². The summed E-state index contributed by atoms with van der Waals surface area (Å²) in [4.78, 5) is 23.9. The molecule has 2 rings (SSSR count). The predicted octanol–water partition coefficient (Wildman–Crippen LogP) is 3.09. The Morgan fingerprint density at radius 2 is 2.00 bits per heavy atom. The van der Waals surface area contributed by atoms with Crippen LogP contribution in [0.2, 0.25) is 0 Å². The van der Waals surface area contributed by atoms with Crippen LogP contribution in [0.15, 0.2) is 30.3 Å². The number of hydrogen-bond donors (Lipinski definition) is 1. The zero-order valence-electron chi connectivity index (χ0n) is 14.3. The third-order valence-electron chi connectivity index (χ3n) is 3.98. The number of carbonyl (C=O) groups is 2. The number of ether oxygens (including phenoxy) is 2. The van der Waals surface area contributed by atoms with Crippen LogP contribution in [0.4, 0.5) is 0 Å². The predicted molar refractivity (Wildman–Crippen MR) is 92.6 cm³/mol. The number of benzene rings is 1. The van der Waals surface area contributed by atoms with E-state index in [1.54, 1.807) is 13.0 Å². The van der Waals surface area contributed by atoms with Crippen LogP contribution in [0, 0.1) is 0 Å². The van der Waals surface area contributed by atoms with Crippen molar-refractivity contribution in [3.63, 3.8) is 0 Å². The fourth-order valence-electron chi connectivity index (χ4n) is 2.72. The van der Waals surface area contributed by atoms with E-state index in [0.717, 1.165) is 31.2 Å². The summed E-state index contributed by atoms with van der Waals surface area (Å²) < 4.78 is 10.7. The third-order valence-corrected chi connectivity index (χ3v) is 3.98. The number of carbonyl (C=O) groups excluding carboxylic acids is 2. The Kier molecular flexibility index (Phi) is 6.85. The van der Waals surface area contributed by atoms with E-state index in [-0.39, 0.29) is 11.9 Å². The molecule has 1 atom stereocenters. The van der Waals surface area contributed by atoms with Crippen molar-refractivity contribution in [2.45, 2.75) is 51.7 Å². The highest BCUT2D eigenvalue weighted by Gasteiger charge is 2.22. The molecule has 1 amide bonds. The van der Waals surface area contributed by atoms with Crippen molar-refractivity contribution >= 4 is 18.0 Å². The molecule has 1 N–H and O–H groups in total. The van der Waals surface area contributed by atoms with Crippen molar-refractivity contribution < 1.29 is 19.1 Å². The fourth-order valence-corrected chi connectivity index (χ4v) is 2.72. The van der Waals surface area contributed by atoms with Gasteiger partial charge in [-0.25, -0.2) is 4.79 Å². The first-order valence-electron chi connectivity index (χ1n) is 8.51. The number of amides is 1. The standard InChI is InChI=1S/C19H25NO4/c1-3-23-17-11-7-4-8-15(17)12-13-18(21)24-14(2)19(22)20-16-9-5-6-10-16/h4,7-8,11-14,16H,3,5-6,9-10H2,1-2H3,(H,20,22)/b13-12+/t14-/m1/s1. The highest BCUT2D eigenvalue weighted by Crippen LogP contribution is 2.20. The Morgan fingerprint density at radius 1 is 1.29 bits per heavy atom. The molecule has 0 saturated heterocycles. The van der Waals surface area contributed by atoms with E-state index < -0.39 is 12.1 Å². The second-order valence-electron chi connectivity index (χ2n) is 5.87. The van der Waals surface area contributed by atoms with Gasteiger partial charge >= 0.3 is 5.97 Å². The first-order valence-corrected chi connectivity index (χ1v) is 8.51. The van der Waals surface area contributed by atoms with Gasteiger partial charge in [0.2, 0.25) is 0 Å². The highest BCUT2D eigenvalue weighted by molar-refractivity contribution is 5.90. The number of esters is 1. The summed E-state index contributed by atoms with van der Waals surface area (Å²) >= 11 is 0. The van der Waals surface area contributed by atoms with Crippen molar-refractivity contribution in [1.82, 2.24) is 5.32 Å². The number of hydrogen-bond acceptors (Lipinski definition) is 4. The molecule has 0 aliphatic heterocycles. The van der Waals surface area contributed by atoms with E-state index in [4.69, 9.17) is 9.47 Å². The molecule has 0 heterocycles. The van der Waals surface area contributed by atoms with Crippen LogP contribution in [0.3, 0.4) is 0 Å². The van der Waals surface area contributed by atoms with Gasteiger partial charge in [0.15, 0.2) is 6.10 Å². The van der Waals surface area contributed by atoms with E-state index in [9.17, 15) is 9.59 Å². The maximum Gasteiger partial charge on any atom is 0.331 e. The smallest absolute Gasteiger partial charge is 0.331 e. The molecule has 1 aliphatic rings. The number of nitrogens with one attached hydrogen (secondary N) is 1. The number of para-hydroxylation sites is 1. The second-order valence-corrected chi connectivity index (χ2v) is 5.87. The molecule has 1 aliphatic carbocycles. The van der Waals surface area contributed by atoms with E-state index in [1.165, 1.54) is 6.08 Å². The summed E-state index contributed by atoms with van der Waals surface area (Å²) in [6, 6.07) is 7.64. The summed E-state index contributed by atoms with van der Waals surface area (Å²) in [5, 5.41) is 2.92. The monoisotopic (exact) mass is 331 g/mol. The van der Waals surface area contributed by atoms with Gasteiger partial charge < -0.3 is 14.8 Å². The highest BCUT2D eigenvalue weighted by atomic mass is 16.5. The Morgan fingerprint density at radius 3 is 2.71 bits per heavy atom. The minimum Gasteiger partial charge on any atom is -0.493 e. The summed E-state index contributed by atoms with van der Waals surface area (Å²) in [6.45, 7) is 4.04. The molecule has 1 aromatic rings. The number of rotatable bonds is 7. The molecule has 1 fully saturated rings. The van der Waals surface area contributed by atoms with E-state index in [1.807, 2.05) is 31.2 Å². The first-order chi connectivity index (χ1) is 11.6. The maximum atomic E-state index is 12.0. The van der Waals surface area contributed by atoms with Gasteiger partial charge in [-0.05, 0) is 38.8 Å². The summed E-state index contributed by atoms with van der Waals surface area (Å²) in [7, 11) is 0. The van der Waals surface area contributed by atoms with Crippen LogP contribution in [-0.4, -0.2) is 30.6 Å². The van der Waals surface area contributed by atoms with Crippen molar-refractivity contribution in [3.8, 4) is 5.75 Å². The van der Waals surface area contributed by atoms with Crippen LogP contribution in [0.1, 0.15) is 45.1 Å². The van der Waals surface area contributed by atoms with E-state index in [2.05, 4.69) is 5.32 Å². The molecule has 0 radical (unpaired) electrons. The minimum absolute atomic E-state index is 0.215. The maximum absolute atomic E-state index is 12.0. The molecular formula is C19H25NO4. The quantitative estimate of drug-likeness (QED) is 0.616. The van der Waals surface area contributed by atoms with Gasteiger partial charge in [-0.2, -0.15) is 0 Å². The topological polar surface area (TPSA) is 64.6 Å². The largest absolute Gasteiger partial charge is 0.493 e. The van der Waals surface area contributed by atoms with Crippen LogP contribution in [-0.2, 0) is 14.3 Å². The zero-order valence-corrected chi connectivity index (χ0v) is 14.3. The van der Waals surface area contributed by atoms with Crippen LogP contribution in [0.5, 0.6) is 5.75 Å². The Hall–Kier alpha value is -2.30. The normalized spacial score (nSPS) is 16.1. The molecule has 5 nitrogen and oxygen atoms in total. The van der Waals surface area contributed by atoms with Crippen molar-refractivity contribution in [2.24, 2.45) is 0 Å². The molecule has 0 aromatic heterocycles. The van der Waals surface area contributed by atoms with Crippen molar-refractivity contribution in [2.75, 3.05) is 6.61 Å². The summed E-state index contributed by atoms with van der Waals surface area (Å²) in [5.74, 6) is -0.0789. The molecule has 1 saturated carbocycles. The SMILES string of the molecule is CCOc1ccccc1/C=C/C(=O)O[C@H](C)C(=O)NC1CCCC1.